The molecular weight excluding hydrogens is 290 g/mol. The van der Waals surface area contributed by atoms with E-state index in [1.54, 1.807) is 0 Å². The van der Waals surface area contributed by atoms with Crippen LogP contribution in [0, 0.1) is 12.8 Å². The Kier molecular flexibility index (Phi) is 4.84. The van der Waals surface area contributed by atoms with Crippen molar-refractivity contribution in [2.75, 3.05) is 13.2 Å². The van der Waals surface area contributed by atoms with Crippen LogP contribution in [-0.2, 0) is 0 Å². The molecule has 0 unspecified atom stereocenters. The number of ether oxygens (including phenoxy) is 1. The van der Waals surface area contributed by atoms with Crippen molar-refractivity contribution in [3.63, 3.8) is 0 Å². The van der Waals surface area contributed by atoms with E-state index in [4.69, 9.17) is 10.5 Å². The minimum atomic E-state index is 0.549. The third-order valence-electron chi connectivity index (χ3n) is 3.34. The van der Waals surface area contributed by atoms with E-state index in [1.165, 1.54) is 24.8 Å². The highest BCUT2D eigenvalue weighted by Crippen LogP contribution is 2.34. The smallest absolute Gasteiger partial charge is 0.140 e. The highest BCUT2D eigenvalue weighted by atomic mass is 79.9. The molecule has 0 atom stereocenters. The lowest BCUT2D eigenvalue weighted by molar-refractivity contribution is 0.179. The van der Waals surface area contributed by atoms with E-state index in [1.807, 2.05) is 12.2 Å². The number of rotatable bonds is 5. The maximum absolute atomic E-state index is 5.98. The molecule has 1 fully saturated rings. The van der Waals surface area contributed by atoms with Gasteiger partial charge in [0, 0.05) is 12.1 Å². The van der Waals surface area contributed by atoms with Gasteiger partial charge < -0.3 is 10.5 Å². The van der Waals surface area contributed by atoms with Gasteiger partial charge >= 0.3 is 0 Å². The molecule has 0 spiro atoms. The molecule has 3 heteroatoms. The monoisotopic (exact) mass is 309 g/mol. The maximum Gasteiger partial charge on any atom is 0.140 e. The van der Waals surface area contributed by atoms with E-state index < -0.39 is 0 Å². The van der Waals surface area contributed by atoms with Crippen LogP contribution in [0.1, 0.15) is 30.4 Å². The second kappa shape index (κ2) is 6.39. The normalized spacial score (nSPS) is 15.9. The lowest BCUT2D eigenvalue weighted by Gasteiger charge is -2.26. The van der Waals surface area contributed by atoms with Gasteiger partial charge in [0.25, 0.3) is 0 Å². The van der Waals surface area contributed by atoms with E-state index >= 15 is 0 Å². The van der Waals surface area contributed by atoms with Gasteiger partial charge in [-0.05, 0) is 59.3 Å². The molecule has 0 aliphatic heterocycles. The molecule has 0 heterocycles. The van der Waals surface area contributed by atoms with Crippen molar-refractivity contribution in [1.82, 2.24) is 0 Å². The van der Waals surface area contributed by atoms with Crippen LogP contribution in [0.2, 0.25) is 0 Å². The second-order valence-electron chi connectivity index (χ2n) is 4.91. The Labute approximate surface area is 117 Å². The average Bonchev–Trinajstić information content (AvgIpc) is 2.26. The number of benzene rings is 1. The molecule has 98 valence electrons. The number of halogens is 1. The Morgan fingerprint density at radius 2 is 2.22 bits per heavy atom. The summed E-state index contributed by atoms with van der Waals surface area (Å²) < 4.78 is 7.01. The highest BCUT2D eigenvalue weighted by molar-refractivity contribution is 9.10. The van der Waals surface area contributed by atoms with Crippen molar-refractivity contribution in [2.45, 2.75) is 26.2 Å². The predicted octanol–water partition coefficient (Wildman–Crippen LogP) is 3.91. The largest absolute Gasteiger partial charge is 0.491 e. The van der Waals surface area contributed by atoms with Gasteiger partial charge in [-0.2, -0.15) is 0 Å². The van der Waals surface area contributed by atoms with Crippen LogP contribution in [0.4, 0.5) is 0 Å². The first-order chi connectivity index (χ1) is 8.70. The molecule has 2 N–H and O–H groups in total. The summed E-state index contributed by atoms with van der Waals surface area (Å²) in [6.07, 6.45) is 7.95. The fraction of sp³-hybridized carbons (Fsp3) is 0.467. The average molecular weight is 310 g/mol. The fourth-order valence-corrected chi connectivity index (χ4v) is 2.79. The van der Waals surface area contributed by atoms with Gasteiger partial charge in [0.05, 0.1) is 11.1 Å². The minimum absolute atomic E-state index is 0.549. The molecule has 0 bridgehead atoms. The van der Waals surface area contributed by atoms with Gasteiger partial charge in [0.2, 0.25) is 0 Å². The SMILES string of the molecule is Cc1cc(Br)c(OCC2CCC2)c(/C=C/CN)c1. The number of nitrogens with two attached hydrogens (primary N) is 1. The highest BCUT2D eigenvalue weighted by Gasteiger charge is 2.19. The van der Waals surface area contributed by atoms with E-state index in [0.29, 0.717) is 6.54 Å². The van der Waals surface area contributed by atoms with E-state index in [9.17, 15) is 0 Å². The lowest BCUT2D eigenvalue weighted by atomic mass is 9.86. The standard InChI is InChI=1S/C15H20BrNO/c1-11-8-13(6-3-7-17)15(14(16)9-11)18-10-12-4-2-5-12/h3,6,8-9,12H,2,4-5,7,10,17H2,1H3/b6-3+. The van der Waals surface area contributed by atoms with Crippen molar-refractivity contribution >= 4 is 22.0 Å². The van der Waals surface area contributed by atoms with Crippen LogP contribution in [0.3, 0.4) is 0 Å². The van der Waals surface area contributed by atoms with Gasteiger partial charge in [-0.1, -0.05) is 18.6 Å². The van der Waals surface area contributed by atoms with Crippen molar-refractivity contribution < 1.29 is 4.74 Å². The molecule has 1 aliphatic rings. The molecule has 2 nitrogen and oxygen atoms in total. The van der Waals surface area contributed by atoms with Crippen molar-refractivity contribution in [3.05, 3.63) is 33.8 Å². The molecule has 0 saturated heterocycles. The molecular formula is C15H20BrNO. The van der Waals surface area contributed by atoms with Gasteiger partial charge in [-0.3, -0.25) is 0 Å². The summed E-state index contributed by atoms with van der Waals surface area (Å²) in [5.74, 6) is 1.68. The van der Waals surface area contributed by atoms with Crippen LogP contribution in [0.5, 0.6) is 5.75 Å². The summed E-state index contributed by atoms with van der Waals surface area (Å²) >= 11 is 3.59. The zero-order valence-corrected chi connectivity index (χ0v) is 12.4. The predicted molar refractivity (Wildman–Crippen MR) is 79.8 cm³/mol. The summed E-state index contributed by atoms with van der Waals surface area (Å²) in [5.41, 5.74) is 7.84. The summed E-state index contributed by atoms with van der Waals surface area (Å²) in [4.78, 5) is 0. The first-order valence-corrected chi connectivity index (χ1v) is 7.29. The Balaban J connectivity index is 2.16. The van der Waals surface area contributed by atoms with E-state index in [0.717, 1.165) is 28.3 Å². The van der Waals surface area contributed by atoms with Crippen LogP contribution < -0.4 is 10.5 Å². The molecule has 1 aromatic carbocycles. The Morgan fingerprint density at radius 3 is 2.83 bits per heavy atom. The topological polar surface area (TPSA) is 35.2 Å². The molecule has 2 rings (SSSR count). The van der Waals surface area contributed by atoms with E-state index in [-0.39, 0.29) is 0 Å². The number of hydrogen-bond donors (Lipinski definition) is 1. The van der Waals surface area contributed by atoms with Crippen LogP contribution in [0.15, 0.2) is 22.7 Å². The molecule has 0 radical (unpaired) electrons. The molecule has 18 heavy (non-hydrogen) atoms. The third-order valence-corrected chi connectivity index (χ3v) is 3.93. The molecule has 1 aliphatic carbocycles. The van der Waals surface area contributed by atoms with Gasteiger partial charge in [0.1, 0.15) is 5.75 Å². The number of aryl methyl sites for hydroxylation is 1. The second-order valence-corrected chi connectivity index (χ2v) is 5.77. The Bertz CT molecular complexity index is 438. The molecule has 1 saturated carbocycles. The third kappa shape index (κ3) is 3.36. The lowest BCUT2D eigenvalue weighted by Crippen LogP contribution is -2.19. The van der Waals surface area contributed by atoms with Gasteiger partial charge in [-0.25, -0.2) is 0 Å². The molecule has 0 amide bonds. The fourth-order valence-electron chi connectivity index (χ4n) is 2.09. The quantitative estimate of drug-likeness (QED) is 0.895. The summed E-state index contributed by atoms with van der Waals surface area (Å²) in [7, 11) is 0. The van der Waals surface area contributed by atoms with Crippen molar-refractivity contribution in [1.29, 1.82) is 0 Å². The van der Waals surface area contributed by atoms with E-state index in [2.05, 4.69) is 35.0 Å². The van der Waals surface area contributed by atoms with Crippen LogP contribution in [-0.4, -0.2) is 13.2 Å². The minimum Gasteiger partial charge on any atom is -0.491 e. The van der Waals surface area contributed by atoms with Crippen LogP contribution >= 0.6 is 15.9 Å². The summed E-state index contributed by atoms with van der Waals surface area (Å²) in [6.45, 7) is 3.46. The zero-order valence-electron chi connectivity index (χ0n) is 10.8. The first-order valence-electron chi connectivity index (χ1n) is 6.50. The summed E-state index contributed by atoms with van der Waals surface area (Å²) in [5, 5.41) is 0. The van der Waals surface area contributed by atoms with Crippen molar-refractivity contribution in [3.8, 4) is 5.75 Å². The Hall–Kier alpha value is -0.800. The summed E-state index contributed by atoms with van der Waals surface area (Å²) in [6, 6.07) is 4.23. The maximum atomic E-state index is 5.98. The zero-order chi connectivity index (χ0) is 13.0. The molecule has 0 aromatic heterocycles. The van der Waals surface area contributed by atoms with Crippen LogP contribution in [0.25, 0.3) is 6.08 Å². The van der Waals surface area contributed by atoms with Crippen molar-refractivity contribution in [2.24, 2.45) is 11.7 Å². The Morgan fingerprint density at radius 1 is 1.44 bits per heavy atom. The van der Waals surface area contributed by atoms with Gasteiger partial charge in [0.15, 0.2) is 0 Å². The number of hydrogen-bond acceptors (Lipinski definition) is 2. The molecule has 1 aromatic rings. The van der Waals surface area contributed by atoms with Gasteiger partial charge in [-0.15, -0.1) is 0 Å². The first kappa shape index (κ1) is 13.6.